The summed E-state index contributed by atoms with van der Waals surface area (Å²) in [5, 5.41) is 9.32. The number of hydrogen-bond acceptors (Lipinski definition) is 1. The maximum atomic E-state index is 4.84. The summed E-state index contributed by atoms with van der Waals surface area (Å²) >= 11 is 0. The number of benzene rings is 4. The number of pyridine rings is 1. The minimum absolute atomic E-state index is 1.05. The molecule has 0 radical (unpaired) electrons. The molecule has 2 aromatic heterocycles. The molecule has 0 saturated heterocycles. The Morgan fingerprint density at radius 2 is 1.50 bits per heavy atom. The van der Waals surface area contributed by atoms with Gasteiger partial charge in [-0.15, -0.1) is 0 Å². The van der Waals surface area contributed by atoms with Gasteiger partial charge < -0.3 is 0 Å². The average molecular weight is 334 g/mol. The van der Waals surface area contributed by atoms with E-state index in [9.17, 15) is 0 Å². The van der Waals surface area contributed by atoms with Crippen molar-refractivity contribution >= 4 is 48.9 Å². The van der Waals surface area contributed by atoms with Crippen LogP contribution in [0.5, 0.6) is 0 Å². The van der Waals surface area contributed by atoms with E-state index in [0.717, 1.165) is 11.3 Å². The zero-order valence-corrected chi connectivity index (χ0v) is 15.1. The fraction of sp³-hybridized carbons (Fsp3) is 0.125. The van der Waals surface area contributed by atoms with Gasteiger partial charge in [-0.05, 0) is 53.9 Å². The van der Waals surface area contributed by atoms with Crippen molar-refractivity contribution in [1.29, 1.82) is 0 Å². The molecule has 124 valence electrons. The Morgan fingerprint density at radius 1 is 0.731 bits per heavy atom. The molecule has 4 aromatic carbocycles. The van der Waals surface area contributed by atoms with Gasteiger partial charge in [0.15, 0.2) is 0 Å². The molecule has 0 bridgehead atoms. The van der Waals surface area contributed by atoms with Crippen LogP contribution in [-0.2, 0) is 0 Å². The first-order chi connectivity index (χ1) is 12.6. The van der Waals surface area contributed by atoms with Crippen LogP contribution in [0.3, 0.4) is 0 Å². The summed E-state index contributed by atoms with van der Waals surface area (Å²) in [7, 11) is 0. The lowest BCUT2D eigenvalue weighted by Crippen LogP contribution is -1.95. The van der Waals surface area contributed by atoms with Crippen LogP contribution in [0.25, 0.3) is 48.9 Å². The van der Waals surface area contributed by atoms with Gasteiger partial charge in [-0.2, -0.15) is 0 Å². The summed E-state index contributed by atoms with van der Waals surface area (Å²) in [5.41, 5.74) is 6.00. The van der Waals surface area contributed by atoms with Gasteiger partial charge in [0.05, 0.1) is 11.2 Å². The Morgan fingerprint density at radius 3 is 2.38 bits per heavy atom. The van der Waals surface area contributed by atoms with Crippen LogP contribution in [0.15, 0.2) is 54.7 Å². The van der Waals surface area contributed by atoms with Crippen LogP contribution in [0.4, 0.5) is 0 Å². The highest BCUT2D eigenvalue weighted by molar-refractivity contribution is 6.35. The van der Waals surface area contributed by atoms with E-state index in [1.54, 1.807) is 0 Å². The molecule has 0 aliphatic heterocycles. The monoisotopic (exact) mass is 334 g/mol. The standard InChI is InChI=1S/C24H18N2/c1-13-10-14(2)21-17-7-4-8-18-22(17)23-16(19(21)11-13)6-5-9-20(23)26-12-15(3)25-24(18)26/h4-12H,1-3H3. The fourth-order valence-corrected chi connectivity index (χ4v) is 4.85. The predicted molar refractivity (Wildman–Crippen MR) is 111 cm³/mol. The molecule has 0 saturated carbocycles. The summed E-state index contributed by atoms with van der Waals surface area (Å²) < 4.78 is 2.26. The Bertz CT molecular complexity index is 1500. The first-order valence-electron chi connectivity index (χ1n) is 9.08. The summed E-state index contributed by atoms with van der Waals surface area (Å²) in [6.45, 7) is 6.49. The molecular weight excluding hydrogens is 316 g/mol. The molecule has 0 N–H and O–H groups in total. The second-order valence-corrected chi connectivity index (χ2v) is 7.51. The molecule has 26 heavy (non-hydrogen) atoms. The first kappa shape index (κ1) is 14.1. The highest BCUT2D eigenvalue weighted by Crippen LogP contribution is 2.43. The molecule has 0 unspecified atom stereocenters. The Balaban J connectivity index is 2.12. The predicted octanol–water partition coefficient (Wildman–Crippen LogP) is 6.31. The van der Waals surface area contributed by atoms with E-state index < -0.39 is 0 Å². The number of aromatic nitrogens is 2. The van der Waals surface area contributed by atoms with Crippen molar-refractivity contribution in [2.24, 2.45) is 0 Å². The van der Waals surface area contributed by atoms with Crippen LogP contribution >= 0.6 is 0 Å². The van der Waals surface area contributed by atoms with Crippen molar-refractivity contribution < 1.29 is 0 Å². The van der Waals surface area contributed by atoms with Crippen LogP contribution in [0.2, 0.25) is 0 Å². The normalized spacial score (nSPS) is 12.4. The second-order valence-electron chi connectivity index (χ2n) is 7.51. The molecule has 6 aromatic rings. The lowest BCUT2D eigenvalue weighted by atomic mass is 9.88. The van der Waals surface area contributed by atoms with E-state index >= 15 is 0 Å². The zero-order valence-electron chi connectivity index (χ0n) is 15.1. The van der Waals surface area contributed by atoms with Gasteiger partial charge >= 0.3 is 0 Å². The number of nitrogens with zero attached hydrogens (tertiary/aromatic N) is 2. The Hall–Kier alpha value is -3.13. The minimum atomic E-state index is 1.05. The number of fused-ring (bicyclic) bond motifs is 6. The summed E-state index contributed by atoms with van der Waals surface area (Å²) in [6.07, 6.45) is 2.15. The van der Waals surface area contributed by atoms with Gasteiger partial charge in [-0.25, -0.2) is 4.98 Å². The van der Waals surface area contributed by atoms with Crippen LogP contribution in [0.1, 0.15) is 16.8 Å². The van der Waals surface area contributed by atoms with Crippen molar-refractivity contribution in [3.05, 3.63) is 71.5 Å². The number of aryl methyl sites for hydroxylation is 3. The molecule has 2 heterocycles. The van der Waals surface area contributed by atoms with Gasteiger partial charge in [-0.3, -0.25) is 4.40 Å². The first-order valence-corrected chi connectivity index (χ1v) is 9.08. The topological polar surface area (TPSA) is 17.3 Å². The molecule has 2 nitrogen and oxygen atoms in total. The van der Waals surface area contributed by atoms with Crippen molar-refractivity contribution in [3.63, 3.8) is 0 Å². The fourth-order valence-electron chi connectivity index (χ4n) is 4.85. The second kappa shape index (κ2) is 4.53. The van der Waals surface area contributed by atoms with Gasteiger partial charge in [-0.1, -0.05) is 48.0 Å². The van der Waals surface area contributed by atoms with Crippen molar-refractivity contribution in [3.8, 4) is 0 Å². The third-order valence-corrected chi connectivity index (χ3v) is 5.72. The van der Waals surface area contributed by atoms with E-state index in [0.29, 0.717) is 0 Å². The lowest BCUT2D eigenvalue weighted by molar-refractivity contribution is 1.27. The van der Waals surface area contributed by atoms with Gasteiger partial charge in [0.1, 0.15) is 5.65 Å². The largest absolute Gasteiger partial charge is 0.299 e. The van der Waals surface area contributed by atoms with Gasteiger partial charge in [0.2, 0.25) is 0 Å². The zero-order chi connectivity index (χ0) is 17.6. The lowest BCUT2D eigenvalue weighted by Gasteiger charge is -2.17. The maximum absolute atomic E-state index is 4.84. The van der Waals surface area contributed by atoms with Gasteiger partial charge in [0.25, 0.3) is 0 Å². The third-order valence-electron chi connectivity index (χ3n) is 5.72. The highest BCUT2D eigenvalue weighted by atomic mass is 15.0. The summed E-state index contributed by atoms with van der Waals surface area (Å²) in [4.78, 5) is 4.84. The van der Waals surface area contributed by atoms with Crippen LogP contribution in [-0.4, -0.2) is 9.38 Å². The summed E-state index contributed by atoms with van der Waals surface area (Å²) in [5.74, 6) is 0. The van der Waals surface area contributed by atoms with Crippen molar-refractivity contribution in [1.82, 2.24) is 9.38 Å². The molecule has 6 rings (SSSR count). The van der Waals surface area contributed by atoms with Gasteiger partial charge in [0, 0.05) is 22.4 Å². The molecule has 0 amide bonds. The van der Waals surface area contributed by atoms with E-state index in [1.807, 2.05) is 0 Å². The van der Waals surface area contributed by atoms with Crippen LogP contribution in [0, 0.1) is 20.8 Å². The van der Waals surface area contributed by atoms with Crippen molar-refractivity contribution in [2.75, 3.05) is 0 Å². The molecule has 0 aliphatic rings. The highest BCUT2D eigenvalue weighted by Gasteiger charge is 2.18. The third kappa shape index (κ3) is 1.55. The minimum Gasteiger partial charge on any atom is -0.299 e. The van der Waals surface area contributed by atoms with Crippen LogP contribution < -0.4 is 0 Å². The quantitative estimate of drug-likeness (QED) is 0.235. The molecule has 0 aliphatic carbocycles. The summed E-state index contributed by atoms with van der Waals surface area (Å²) in [6, 6.07) is 17.9. The molecular formula is C24H18N2. The molecule has 0 fully saturated rings. The average Bonchev–Trinajstić information content (AvgIpc) is 3.02. The van der Waals surface area contributed by atoms with Crippen molar-refractivity contribution in [2.45, 2.75) is 20.8 Å². The Labute approximate surface area is 151 Å². The number of rotatable bonds is 0. The SMILES string of the molecule is Cc1cc(C)c2c(c1)c1cccc3c1c1c2cccc1c1nc(C)cn31. The maximum Gasteiger partial charge on any atom is 0.145 e. The Kier molecular flexibility index (Phi) is 2.45. The van der Waals surface area contributed by atoms with E-state index in [1.165, 1.54) is 54.3 Å². The molecule has 0 atom stereocenters. The van der Waals surface area contributed by atoms with E-state index in [4.69, 9.17) is 4.98 Å². The van der Waals surface area contributed by atoms with E-state index in [2.05, 4.69) is 79.9 Å². The van der Waals surface area contributed by atoms with E-state index in [-0.39, 0.29) is 0 Å². The number of hydrogen-bond donors (Lipinski definition) is 0. The molecule has 0 spiro atoms. The smallest absolute Gasteiger partial charge is 0.145 e. The number of imidazole rings is 1. The molecule has 2 heteroatoms.